The van der Waals surface area contributed by atoms with E-state index in [1.165, 1.54) is 14.6 Å². The molecule has 0 atom stereocenters. The van der Waals surface area contributed by atoms with Crippen LogP contribution in [-0.2, 0) is 24.2 Å². The molecule has 0 aliphatic heterocycles. The lowest BCUT2D eigenvalue weighted by molar-refractivity contribution is 0.0474. The largest absolute Gasteiger partial charge is 0.459 e. The molecule has 0 saturated carbocycles. The Hall–Kier alpha value is -3.61. The number of pyridine rings is 1. The molecule has 0 bridgehead atoms. The normalized spacial score (nSPS) is 11.0. The summed E-state index contributed by atoms with van der Waals surface area (Å²) in [6, 6.07) is 19.0. The van der Waals surface area contributed by atoms with Gasteiger partial charge in [0.15, 0.2) is 5.65 Å². The van der Waals surface area contributed by atoms with Crippen LogP contribution >= 0.6 is 0 Å². The van der Waals surface area contributed by atoms with Gasteiger partial charge in [-0.25, -0.2) is 14.3 Å². The van der Waals surface area contributed by atoms with Crippen molar-refractivity contribution in [2.45, 2.75) is 19.5 Å². The smallest absolute Gasteiger partial charge is 0.355 e. The summed E-state index contributed by atoms with van der Waals surface area (Å²) in [6.45, 7) is 0.969. The van der Waals surface area contributed by atoms with E-state index in [9.17, 15) is 9.59 Å². The van der Waals surface area contributed by atoms with Gasteiger partial charge in [-0.3, -0.25) is 4.40 Å². The molecule has 0 radical (unpaired) electrons. The lowest BCUT2D eigenvalue weighted by Gasteiger charge is -2.09. The van der Waals surface area contributed by atoms with Crippen LogP contribution in [0.1, 0.15) is 16.1 Å². The molecule has 0 aliphatic rings. The molecule has 4 aromatic rings. The summed E-state index contributed by atoms with van der Waals surface area (Å²) < 4.78 is 10.0. The molecule has 1 aromatic carbocycles. The van der Waals surface area contributed by atoms with Crippen molar-refractivity contribution < 1.29 is 9.53 Å². The zero-order valence-electron chi connectivity index (χ0n) is 15.3. The standard InChI is InChI=1S/C21H20N4O3/c26-20(18-9-6-12-23(18)14-11-17-7-2-1-3-8-17)28-16-15-25-21(27)24-13-5-4-10-19(24)22-25/h1-10,12-13H,11,14-16H2. The van der Waals surface area contributed by atoms with Crippen molar-refractivity contribution in [1.82, 2.24) is 18.7 Å². The van der Waals surface area contributed by atoms with Crippen LogP contribution in [-0.4, -0.2) is 31.3 Å². The second-order valence-electron chi connectivity index (χ2n) is 6.39. The minimum Gasteiger partial charge on any atom is -0.459 e. The average molecular weight is 376 g/mol. The van der Waals surface area contributed by atoms with Crippen molar-refractivity contribution >= 4 is 11.6 Å². The van der Waals surface area contributed by atoms with E-state index < -0.39 is 5.97 Å². The number of nitrogens with zero attached hydrogens (tertiary/aromatic N) is 4. The van der Waals surface area contributed by atoms with Gasteiger partial charge in [-0.05, 0) is 36.2 Å². The van der Waals surface area contributed by atoms with E-state index in [1.807, 2.05) is 41.1 Å². The molecule has 4 rings (SSSR count). The molecule has 7 nitrogen and oxygen atoms in total. The van der Waals surface area contributed by atoms with Crippen molar-refractivity contribution in [2.24, 2.45) is 0 Å². The summed E-state index contributed by atoms with van der Waals surface area (Å²) in [4.78, 5) is 24.7. The SMILES string of the molecule is O=C(OCCn1nc2ccccn2c1=O)c1cccn1CCc1ccccc1. The summed E-state index contributed by atoms with van der Waals surface area (Å²) in [5.74, 6) is -0.408. The zero-order valence-corrected chi connectivity index (χ0v) is 15.3. The Morgan fingerprint density at radius 1 is 0.929 bits per heavy atom. The molecule has 0 spiro atoms. The minimum absolute atomic E-state index is 0.0759. The molecule has 0 unspecified atom stereocenters. The van der Waals surface area contributed by atoms with E-state index in [4.69, 9.17) is 4.74 Å². The third-order valence-corrected chi connectivity index (χ3v) is 4.55. The molecule has 28 heavy (non-hydrogen) atoms. The number of aromatic nitrogens is 4. The first-order valence-electron chi connectivity index (χ1n) is 9.13. The lowest BCUT2D eigenvalue weighted by atomic mass is 10.1. The number of benzene rings is 1. The van der Waals surface area contributed by atoms with Crippen LogP contribution in [0.5, 0.6) is 0 Å². The second kappa shape index (κ2) is 7.96. The van der Waals surface area contributed by atoms with Gasteiger partial charge < -0.3 is 9.30 Å². The van der Waals surface area contributed by atoms with Gasteiger partial charge in [-0.1, -0.05) is 36.4 Å². The molecule has 0 aliphatic carbocycles. The van der Waals surface area contributed by atoms with E-state index in [0.717, 1.165) is 6.42 Å². The predicted octanol–water partition coefficient (Wildman–Crippen LogP) is 2.40. The second-order valence-corrected chi connectivity index (χ2v) is 6.39. The molecular formula is C21H20N4O3. The molecule has 0 N–H and O–H groups in total. The van der Waals surface area contributed by atoms with Crippen LogP contribution in [0.15, 0.2) is 77.9 Å². The molecule has 142 valence electrons. The molecule has 7 heteroatoms. The molecule has 0 saturated heterocycles. The first kappa shape index (κ1) is 17.8. The highest BCUT2D eigenvalue weighted by molar-refractivity contribution is 5.87. The van der Waals surface area contributed by atoms with Crippen LogP contribution in [0.4, 0.5) is 0 Å². The van der Waals surface area contributed by atoms with Crippen LogP contribution in [0.3, 0.4) is 0 Å². The van der Waals surface area contributed by atoms with Gasteiger partial charge in [-0.2, -0.15) is 0 Å². The van der Waals surface area contributed by atoms with Gasteiger partial charge in [0.05, 0.1) is 6.54 Å². The molecule has 3 aromatic heterocycles. The number of esters is 1. The van der Waals surface area contributed by atoms with Crippen molar-refractivity contribution in [1.29, 1.82) is 0 Å². The van der Waals surface area contributed by atoms with E-state index in [2.05, 4.69) is 17.2 Å². The van der Waals surface area contributed by atoms with Gasteiger partial charge in [0, 0.05) is 18.9 Å². The fraction of sp³-hybridized carbons (Fsp3) is 0.190. The van der Waals surface area contributed by atoms with E-state index in [0.29, 0.717) is 17.9 Å². The maximum Gasteiger partial charge on any atom is 0.355 e. The fourth-order valence-electron chi connectivity index (χ4n) is 3.10. The van der Waals surface area contributed by atoms with Crippen molar-refractivity contribution in [2.75, 3.05) is 6.61 Å². The molecular weight excluding hydrogens is 356 g/mol. The number of rotatable bonds is 7. The fourth-order valence-corrected chi connectivity index (χ4v) is 3.10. The Balaban J connectivity index is 1.36. The van der Waals surface area contributed by atoms with E-state index >= 15 is 0 Å². The van der Waals surface area contributed by atoms with Crippen LogP contribution in [0, 0.1) is 0 Å². The Morgan fingerprint density at radius 2 is 1.75 bits per heavy atom. The summed E-state index contributed by atoms with van der Waals surface area (Å²) in [6.07, 6.45) is 4.35. The van der Waals surface area contributed by atoms with E-state index in [1.54, 1.807) is 24.4 Å². The first-order chi connectivity index (χ1) is 13.7. The third-order valence-electron chi connectivity index (χ3n) is 4.55. The highest BCUT2D eigenvalue weighted by atomic mass is 16.5. The third kappa shape index (κ3) is 3.73. The van der Waals surface area contributed by atoms with Gasteiger partial charge in [0.2, 0.25) is 0 Å². The Kier molecular flexibility index (Phi) is 5.05. The quantitative estimate of drug-likeness (QED) is 0.465. The van der Waals surface area contributed by atoms with Gasteiger partial charge in [-0.15, -0.1) is 5.10 Å². The lowest BCUT2D eigenvalue weighted by Crippen LogP contribution is -2.24. The molecule has 0 amide bonds. The number of hydrogen-bond acceptors (Lipinski definition) is 4. The Morgan fingerprint density at radius 3 is 2.57 bits per heavy atom. The highest BCUT2D eigenvalue weighted by Gasteiger charge is 2.13. The number of carbonyl (C=O) groups excluding carboxylic acids is 1. The van der Waals surface area contributed by atoms with E-state index in [-0.39, 0.29) is 18.8 Å². The predicted molar refractivity (Wildman–Crippen MR) is 104 cm³/mol. The summed E-state index contributed by atoms with van der Waals surface area (Å²) in [7, 11) is 0. The van der Waals surface area contributed by atoms with Gasteiger partial charge in [0.25, 0.3) is 0 Å². The Bertz CT molecular complexity index is 1140. The number of aryl methyl sites for hydroxylation is 2. The summed E-state index contributed by atoms with van der Waals surface area (Å²) >= 11 is 0. The first-order valence-corrected chi connectivity index (χ1v) is 9.13. The average Bonchev–Trinajstić information content (AvgIpc) is 3.32. The topological polar surface area (TPSA) is 70.5 Å². The zero-order chi connectivity index (χ0) is 19.3. The van der Waals surface area contributed by atoms with Crippen LogP contribution in [0.25, 0.3) is 5.65 Å². The maximum atomic E-state index is 12.4. The number of carbonyl (C=O) groups is 1. The van der Waals surface area contributed by atoms with Crippen molar-refractivity contribution in [3.63, 3.8) is 0 Å². The number of hydrogen-bond donors (Lipinski definition) is 0. The maximum absolute atomic E-state index is 12.4. The van der Waals surface area contributed by atoms with Crippen LogP contribution in [0.2, 0.25) is 0 Å². The van der Waals surface area contributed by atoms with Gasteiger partial charge in [0.1, 0.15) is 12.3 Å². The monoisotopic (exact) mass is 376 g/mol. The highest BCUT2D eigenvalue weighted by Crippen LogP contribution is 2.08. The summed E-state index contributed by atoms with van der Waals surface area (Å²) in [5, 5.41) is 4.22. The molecule has 0 fully saturated rings. The van der Waals surface area contributed by atoms with Gasteiger partial charge >= 0.3 is 11.7 Å². The minimum atomic E-state index is -0.408. The molecule has 3 heterocycles. The number of fused-ring (bicyclic) bond motifs is 1. The summed E-state index contributed by atoms with van der Waals surface area (Å²) in [5.41, 5.74) is 2.02. The van der Waals surface area contributed by atoms with Crippen molar-refractivity contribution in [3.8, 4) is 0 Å². The van der Waals surface area contributed by atoms with Crippen LogP contribution < -0.4 is 5.69 Å². The number of ether oxygens (including phenoxy) is 1. The van der Waals surface area contributed by atoms with Crippen molar-refractivity contribution in [3.05, 3.63) is 94.8 Å². The Labute approximate surface area is 161 Å².